The van der Waals surface area contributed by atoms with E-state index >= 15 is 0 Å². The van der Waals surface area contributed by atoms with Gasteiger partial charge in [0, 0.05) is 6.92 Å². The molecule has 0 saturated carbocycles. The summed E-state index contributed by atoms with van der Waals surface area (Å²) in [5.74, 6) is -7.41. The first-order valence-electron chi connectivity index (χ1n) is 26.7. The third kappa shape index (κ3) is 18.1. The fraction of sp³-hybridized carbons (Fsp3) is 0.290. The Labute approximate surface area is 507 Å². The van der Waals surface area contributed by atoms with Gasteiger partial charge in [0.05, 0.1) is 66.4 Å². The monoisotopic (exact) mass is 1240 g/mol. The van der Waals surface area contributed by atoms with E-state index < -0.39 is 126 Å². The molecule has 0 unspecified atom stereocenters. The molecule has 0 radical (unpaired) electrons. The van der Waals surface area contributed by atoms with Crippen molar-refractivity contribution in [3.63, 3.8) is 0 Å². The SMILES string of the molecule is CC(=O)OCCO[C@@H]1O[C@H](COCCOC[C@@H]2O[C@@H](C(=O)NC(Cl)(Cl)Cl)[C@@H](OC(=O)c3ccccc3)[C@H](OC(=O)c3ccccc3)[C@@H]2OC(=O)c2ccccc2)[C@H](OC(=O)c2ccccc2)[C@H](OC(=O)c2ccccc2)[C@H]1OC(=O)c1ccccc1. The van der Waals surface area contributed by atoms with Crippen molar-refractivity contribution in [2.24, 2.45) is 0 Å². The van der Waals surface area contributed by atoms with Crippen LogP contribution in [0, 0.1) is 0 Å². The zero-order valence-electron chi connectivity index (χ0n) is 45.6. The van der Waals surface area contributed by atoms with Crippen LogP contribution in [0.4, 0.5) is 0 Å². The number of carbonyl (C=O) groups excluding carboxylic acids is 8. The van der Waals surface area contributed by atoms with E-state index in [-0.39, 0.29) is 59.8 Å². The molecule has 0 aromatic heterocycles. The summed E-state index contributed by atoms with van der Waals surface area (Å²) in [5.41, 5.74) is 0.359. The van der Waals surface area contributed by atoms with Gasteiger partial charge in [-0.3, -0.25) is 9.59 Å². The predicted octanol–water partition coefficient (Wildman–Crippen LogP) is 7.89. The van der Waals surface area contributed by atoms with Gasteiger partial charge < -0.3 is 62.2 Å². The molecule has 1 N–H and O–H groups in total. The molecule has 2 aliphatic rings. The third-order valence-corrected chi connectivity index (χ3v) is 13.2. The highest BCUT2D eigenvalue weighted by Crippen LogP contribution is 2.34. The first-order chi connectivity index (χ1) is 41.5. The number of alkyl halides is 3. The fourth-order valence-electron chi connectivity index (χ4n) is 8.89. The molecule has 2 heterocycles. The number of esters is 7. The first-order valence-corrected chi connectivity index (χ1v) is 27.8. The largest absolute Gasteiger partial charge is 0.463 e. The molecule has 6 aromatic rings. The Morgan fingerprint density at radius 1 is 0.395 bits per heavy atom. The topological polar surface area (TPSA) is 259 Å². The summed E-state index contributed by atoms with van der Waals surface area (Å²) in [7, 11) is 0. The minimum absolute atomic E-state index is 0.0149. The lowest BCUT2D eigenvalue weighted by Crippen LogP contribution is -2.66. The standard InChI is InChI=1S/C62H56Cl3NO20/c1-38(67)77-34-35-78-61-53(86-60(74)44-30-18-7-19-31-44)50(84-58(72)42-26-14-5-15-27-42)48(82-56(70)40-22-10-3-11-23-40)46(80-61)37-76-33-32-75-36-45-47(81-55(69)39-20-8-2-9-21-39)49(83-57(71)41-24-12-4-13-25-41)51(52(79-45)54(68)66-62(63,64)65)85-59(73)43-28-16-6-17-29-43/h2-31,45-53,61H,32-37H2,1H3,(H,66,68)/t45-,46+,47+,48-,49+,50-,51-,52+,53+,61+/m0/s1. The summed E-state index contributed by atoms with van der Waals surface area (Å²) in [6.07, 6.45) is -16.9. The highest BCUT2D eigenvalue weighted by atomic mass is 35.6. The van der Waals surface area contributed by atoms with Crippen molar-refractivity contribution in [3.8, 4) is 0 Å². The molecular weight excluding hydrogens is 1190 g/mol. The summed E-state index contributed by atoms with van der Waals surface area (Å²) >= 11 is 18.1. The van der Waals surface area contributed by atoms with Gasteiger partial charge in [0.2, 0.25) is 0 Å². The fourth-order valence-corrected chi connectivity index (χ4v) is 9.17. The molecule has 2 aliphatic heterocycles. The minimum Gasteiger partial charge on any atom is -0.463 e. The van der Waals surface area contributed by atoms with Crippen LogP contribution in [0.5, 0.6) is 0 Å². The lowest BCUT2D eigenvalue weighted by molar-refractivity contribution is -0.301. The van der Waals surface area contributed by atoms with Gasteiger partial charge in [-0.1, -0.05) is 144 Å². The Balaban J connectivity index is 1.08. The van der Waals surface area contributed by atoms with Crippen LogP contribution in [-0.2, 0) is 66.4 Å². The smallest absolute Gasteiger partial charge is 0.338 e. The maximum Gasteiger partial charge on any atom is 0.338 e. The van der Waals surface area contributed by atoms with Crippen molar-refractivity contribution in [2.45, 2.75) is 72.1 Å². The number of ether oxygens (including phenoxy) is 12. The van der Waals surface area contributed by atoms with E-state index in [1.54, 1.807) is 109 Å². The maximum atomic E-state index is 14.2. The highest BCUT2D eigenvalue weighted by Gasteiger charge is 2.56. The first kappa shape index (κ1) is 63.8. The van der Waals surface area contributed by atoms with Gasteiger partial charge in [0.25, 0.3) is 9.82 Å². The third-order valence-electron chi connectivity index (χ3n) is 12.9. The number of benzene rings is 6. The summed E-state index contributed by atoms with van der Waals surface area (Å²) in [6, 6.07) is 46.5. The normalized spacial score (nSPS) is 21.7. The Bertz CT molecular complexity index is 3220. The average molecular weight is 1240 g/mol. The van der Waals surface area contributed by atoms with E-state index in [1.807, 2.05) is 0 Å². The second-order valence-corrected chi connectivity index (χ2v) is 21.2. The molecular formula is C62H56Cl3NO20. The molecule has 0 aliphatic carbocycles. The number of hydrogen-bond donors (Lipinski definition) is 1. The lowest BCUT2D eigenvalue weighted by Gasteiger charge is -2.44. The molecule has 2 fully saturated rings. The number of nitrogens with one attached hydrogen (secondary N) is 1. The number of carbonyl (C=O) groups is 8. The second-order valence-electron chi connectivity index (χ2n) is 18.9. The van der Waals surface area contributed by atoms with Gasteiger partial charge in [-0.25, -0.2) is 28.8 Å². The van der Waals surface area contributed by atoms with Gasteiger partial charge in [0.1, 0.15) is 18.8 Å². The van der Waals surface area contributed by atoms with Crippen molar-refractivity contribution < 1.29 is 95.2 Å². The van der Waals surface area contributed by atoms with Crippen LogP contribution >= 0.6 is 34.8 Å². The van der Waals surface area contributed by atoms with E-state index in [1.165, 1.54) is 79.7 Å². The summed E-state index contributed by atoms with van der Waals surface area (Å²) in [6.45, 7) is -1.07. The Kier molecular flexibility index (Phi) is 23.2. The maximum absolute atomic E-state index is 14.2. The molecule has 1 amide bonds. The zero-order chi connectivity index (χ0) is 61.0. The lowest BCUT2D eigenvalue weighted by atomic mass is 9.93. The predicted molar refractivity (Wildman–Crippen MR) is 304 cm³/mol. The quantitative estimate of drug-likeness (QED) is 0.0198. The van der Waals surface area contributed by atoms with Gasteiger partial charge >= 0.3 is 41.8 Å². The van der Waals surface area contributed by atoms with Crippen LogP contribution in [0.2, 0.25) is 0 Å². The molecule has 8 rings (SSSR count). The van der Waals surface area contributed by atoms with Crippen LogP contribution in [0.1, 0.15) is 69.1 Å². The Morgan fingerprint density at radius 3 is 1.03 bits per heavy atom. The highest BCUT2D eigenvalue weighted by molar-refractivity contribution is 6.67. The van der Waals surface area contributed by atoms with Crippen molar-refractivity contribution in [3.05, 3.63) is 215 Å². The van der Waals surface area contributed by atoms with Gasteiger partial charge in [0.15, 0.2) is 49.0 Å². The zero-order valence-corrected chi connectivity index (χ0v) is 47.9. The number of amides is 1. The molecule has 0 bridgehead atoms. The van der Waals surface area contributed by atoms with Crippen molar-refractivity contribution in [1.29, 1.82) is 0 Å². The summed E-state index contributed by atoms with van der Waals surface area (Å²) < 4.78 is 70.1. The van der Waals surface area contributed by atoms with E-state index in [4.69, 9.17) is 91.6 Å². The Morgan fingerprint density at radius 2 is 0.698 bits per heavy atom. The molecule has 6 aromatic carbocycles. The molecule has 0 spiro atoms. The number of hydrogen-bond acceptors (Lipinski definition) is 20. The van der Waals surface area contributed by atoms with Crippen molar-refractivity contribution >= 4 is 82.5 Å². The molecule has 21 nitrogen and oxygen atoms in total. The second kappa shape index (κ2) is 31.2. The van der Waals surface area contributed by atoms with Crippen molar-refractivity contribution in [1.82, 2.24) is 5.32 Å². The van der Waals surface area contributed by atoms with E-state index in [0.29, 0.717) is 0 Å². The van der Waals surface area contributed by atoms with Crippen LogP contribution in [0.15, 0.2) is 182 Å². The summed E-state index contributed by atoms with van der Waals surface area (Å²) in [4.78, 5) is 110. The van der Waals surface area contributed by atoms with Gasteiger partial charge in [-0.2, -0.15) is 0 Å². The van der Waals surface area contributed by atoms with E-state index in [0.717, 1.165) is 0 Å². The minimum atomic E-state index is -2.45. The molecule has 24 heteroatoms. The van der Waals surface area contributed by atoms with Crippen LogP contribution in [0.25, 0.3) is 0 Å². The van der Waals surface area contributed by atoms with Crippen molar-refractivity contribution in [2.75, 3.05) is 39.6 Å². The van der Waals surface area contributed by atoms with Crippen LogP contribution in [0.3, 0.4) is 0 Å². The Hall–Kier alpha value is -8.25. The van der Waals surface area contributed by atoms with Crippen LogP contribution in [-0.4, -0.2) is 152 Å². The van der Waals surface area contributed by atoms with Gasteiger partial charge in [-0.15, -0.1) is 0 Å². The van der Waals surface area contributed by atoms with Gasteiger partial charge in [-0.05, 0) is 72.8 Å². The van der Waals surface area contributed by atoms with E-state index in [2.05, 4.69) is 5.32 Å². The molecule has 450 valence electrons. The summed E-state index contributed by atoms with van der Waals surface area (Å²) in [5, 5.41) is 2.15. The number of rotatable bonds is 24. The van der Waals surface area contributed by atoms with E-state index in [9.17, 15) is 38.4 Å². The molecule has 86 heavy (non-hydrogen) atoms. The molecule has 2 saturated heterocycles. The molecule has 10 atom stereocenters. The van der Waals surface area contributed by atoms with Crippen LogP contribution < -0.4 is 5.32 Å². The number of halogens is 3. The average Bonchev–Trinajstić information content (AvgIpc) is 1.54.